The molecule has 0 saturated heterocycles. The third kappa shape index (κ3) is 4.25. The predicted octanol–water partition coefficient (Wildman–Crippen LogP) is 4.68. The standard InChI is InChI=1S/C20H20N2O2S/c1-20(2,3)22-18(23)13-8-10-15(11-9-13)21-19(24)17-12-14-6-4-5-7-16(14)25-17/h4-12H,1-3H3,(H,21,24)(H,22,23). The van der Waals surface area contributed by atoms with E-state index in [0.29, 0.717) is 16.1 Å². The van der Waals surface area contributed by atoms with Crippen molar-refractivity contribution in [3.05, 3.63) is 65.0 Å². The molecule has 0 aliphatic heterocycles. The molecule has 2 amide bonds. The molecule has 0 aliphatic carbocycles. The van der Waals surface area contributed by atoms with Gasteiger partial charge >= 0.3 is 0 Å². The lowest BCUT2D eigenvalue weighted by molar-refractivity contribution is 0.0919. The van der Waals surface area contributed by atoms with Gasteiger partial charge in [0, 0.05) is 21.5 Å². The molecule has 0 aliphatic rings. The van der Waals surface area contributed by atoms with Gasteiger partial charge in [0.05, 0.1) is 4.88 Å². The van der Waals surface area contributed by atoms with Crippen LogP contribution in [0.4, 0.5) is 5.69 Å². The fourth-order valence-corrected chi connectivity index (χ4v) is 3.36. The number of thiophene rings is 1. The first-order valence-corrected chi connectivity index (χ1v) is 8.86. The molecule has 3 aromatic rings. The van der Waals surface area contributed by atoms with E-state index in [4.69, 9.17) is 0 Å². The van der Waals surface area contributed by atoms with Gasteiger partial charge in [-0.15, -0.1) is 11.3 Å². The Morgan fingerprint density at radius 1 is 0.920 bits per heavy atom. The Kier molecular flexibility index (Phi) is 4.59. The highest BCUT2D eigenvalue weighted by molar-refractivity contribution is 7.20. The molecule has 1 aromatic heterocycles. The third-order valence-electron chi connectivity index (χ3n) is 3.54. The number of nitrogens with one attached hydrogen (secondary N) is 2. The summed E-state index contributed by atoms with van der Waals surface area (Å²) in [5.41, 5.74) is 0.940. The van der Waals surface area contributed by atoms with Gasteiger partial charge in [0.15, 0.2) is 0 Å². The molecule has 0 bridgehead atoms. The van der Waals surface area contributed by atoms with Crippen LogP contribution < -0.4 is 10.6 Å². The molecule has 0 unspecified atom stereocenters. The van der Waals surface area contributed by atoms with Gasteiger partial charge in [0.25, 0.3) is 11.8 Å². The summed E-state index contributed by atoms with van der Waals surface area (Å²) in [5.74, 6) is -0.275. The fourth-order valence-electron chi connectivity index (χ4n) is 2.40. The van der Waals surface area contributed by atoms with Gasteiger partial charge in [-0.25, -0.2) is 0 Å². The summed E-state index contributed by atoms with van der Waals surface area (Å²) in [6, 6.07) is 16.7. The van der Waals surface area contributed by atoms with Crippen LogP contribution in [0.25, 0.3) is 10.1 Å². The number of rotatable bonds is 3. The lowest BCUT2D eigenvalue weighted by Gasteiger charge is -2.20. The molecular weight excluding hydrogens is 332 g/mol. The summed E-state index contributed by atoms with van der Waals surface area (Å²) >= 11 is 1.46. The highest BCUT2D eigenvalue weighted by atomic mass is 32.1. The van der Waals surface area contributed by atoms with Gasteiger partial charge in [0.2, 0.25) is 0 Å². The maximum atomic E-state index is 12.4. The van der Waals surface area contributed by atoms with Gasteiger partial charge in [-0.05, 0) is 62.6 Å². The highest BCUT2D eigenvalue weighted by Gasteiger charge is 2.15. The Bertz CT molecular complexity index is 888. The molecule has 0 radical (unpaired) electrons. The minimum atomic E-state index is -0.287. The lowest BCUT2D eigenvalue weighted by Crippen LogP contribution is -2.40. The third-order valence-corrected chi connectivity index (χ3v) is 4.66. The van der Waals surface area contributed by atoms with Crippen molar-refractivity contribution in [1.82, 2.24) is 5.32 Å². The zero-order valence-electron chi connectivity index (χ0n) is 14.4. The summed E-state index contributed by atoms with van der Waals surface area (Å²) < 4.78 is 1.09. The molecule has 5 heteroatoms. The molecule has 0 spiro atoms. The summed E-state index contributed by atoms with van der Waals surface area (Å²) in [6.07, 6.45) is 0. The van der Waals surface area contributed by atoms with Crippen LogP contribution in [-0.2, 0) is 0 Å². The van der Waals surface area contributed by atoms with Gasteiger partial charge in [0.1, 0.15) is 0 Å². The van der Waals surface area contributed by atoms with Crippen LogP contribution in [0.2, 0.25) is 0 Å². The minimum Gasteiger partial charge on any atom is -0.347 e. The van der Waals surface area contributed by atoms with Crippen LogP contribution >= 0.6 is 11.3 Å². The maximum absolute atomic E-state index is 12.4. The van der Waals surface area contributed by atoms with E-state index in [-0.39, 0.29) is 17.4 Å². The van der Waals surface area contributed by atoms with Crippen LogP contribution in [0.15, 0.2) is 54.6 Å². The maximum Gasteiger partial charge on any atom is 0.265 e. The summed E-state index contributed by atoms with van der Waals surface area (Å²) in [6.45, 7) is 5.81. The molecule has 128 valence electrons. The smallest absolute Gasteiger partial charge is 0.265 e. The number of benzene rings is 2. The molecule has 4 nitrogen and oxygen atoms in total. The Morgan fingerprint density at radius 3 is 2.24 bits per heavy atom. The van der Waals surface area contributed by atoms with Gasteiger partial charge in [-0.3, -0.25) is 9.59 Å². The number of carbonyl (C=O) groups is 2. The molecule has 2 N–H and O–H groups in total. The number of anilines is 1. The quantitative estimate of drug-likeness (QED) is 0.719. The average Bonchev–Trinajstić information content (AvgIpc) is 2.98. The molecular formula is C20H20N2O2S. The number of carbonyl (C=O) groups excluding carboxylic acids is 2. The SMILES string of the molecule is CC(C)(C)NC(=O)c1ccc(NC(=O)c2cc3ccccc3s2)cc1. The Balaban J connectivity index is 1.70. The molecule has 0 saturated carbocycles. The Labute approximate surface area is 150 Å². The second-order valence-electron chi connectivity index (χ2n) is 6.88. The lowest BCUT2D eigenvalue weighted by atomic mass is 10.1. The van der Waals surface area contributed by atoms with Crippen LogP contribution in [-0.4, -0.2) is 17.4 Å². The molecule has 1 heterocycles. The number of hydrogen-bond acceptors (Lipinski definition) is 3. The highest BCUT2D eigenvalue weighted by Crippen LogP contribution is 2.26. The van der Waals surface area contributed by atoms with Gasteiger partial charge in [-0.1, -0.05) is 18.2 Å². The van der Waals surface area contributed by atoms with E-state index in [2.05, 4.69) is 10.6 Å². The first-order chi connectivity index (χ1) is 11.8. The van der Waals surface area contributed by atoms with Gasteiger partial charge in [-0.2, -0.15) is 0 Å². The van der Waals surface area contributed by atoms with E-state index in [9.17, 15) is 9.59 Å². The molecule has 25 heavy (non-hydrogen) atoms. The van der Waals surface area contributed by atoms with Crippen molar-refractivity contribution in [2.75, 3.05) is 5.32 Å². The minimum absolute atomic E-state index is 0.130. The van der Waals surface area contributed by atoms with Crippen molar-refractivity contribution in [2.45, 2.75) is 26.3 Å². The summed E-state index contributed by atoms with van der Waals surface area (Å²) in [4.78, 5) is 25.2. The van der Waals surface area contributed by atoms with E-state index in [1.54, 1.807) is 24.3 Å². The topological polar surface area (TPSA) is 58.2 Å². The number of fused-ring (bicyclic) bond motifs is 1. The van der Waals surface area contributed by atoms with E-state index >= 15 is 0 Å². The summed E-state index contributed by atoms with van der Waals surface area (Å²) in [7, 11) is 0. The molecule has 0 fully saturated rings. The van der Waals surface area contributed by atoms with Gasteiger partial charge < -0.3 is 10.6 Å². The van der Waals surface area contributed by atoms with E-state index in [0.717, 1.165) is 10.1 Å². The molecule has 2 aromatic carbocycles. The monoisotopic (exact) mass is 352 g/mol. The first kappa shape index (κ1) is 17.2. The van der Waals surface area contributed by atoms with E-state index in [1.807, 2.05) is 51.1 Å². The zero-order valence-corrected chi connectivity index (χ0v) is 15.2. The summed E-state index contributed by atoms with van der Waals surface area (Å²) in [5, 5.41) is 6.85. The van der Waals surface area contributed by atoms with E-state index < -0.39 is 0 Å². The zero-order chi connectivity index (χ0) is 18.0. The van der Waals surface area contributed by atoms with Crippen LogP contribution in [0.5, 0.6) is 0 Å². The van der Waals surface area contributed by atoms with Crippen molar-refractivity contribution in [1.29, 1.82) is 0 Å². The van der Waals surface area contributed by atoms with E-state index in [1.165, 1.54) is 11.3 Å². The second kappa shape index (κ2) is 6.69. The Morgan fingerprint density at radius 2 is 1.60 bits per heavy atom. The van der Waals surface area contributed by atoms with Crippen molar-refractivity contribution in [2.24, 2.45) is 0 Å². The largest absolute Gasteiger partial charge is 0.347 e. The second-order valence-corrected chi connectivity index (χ2v) is 7.97. The number of amides is 2. The predicted molar refractivity (Wildman–Crippen MR) is 103 cm³/mol. The first-order valence-electron chi connectivity index (χ1n) is 8.04. The number of hydrogen-bond donors (Lipinski definition) is 2. The average molecular weight is 352 g/mol. The normalized spacial score (nSPS) is 11.3. The molecule has 0 atom stereocenters. The van der Waals surface area contributed by atoms with Crippen LogP contribution in [0.1, 0.15) is 40.8 Å². The van der Waals surface area contributed by atoms with Crippen molar-refractivity contribution >= 4 is 38.9 Å². The van der Waals surface area contributed by atoms with Crippen LogP contribution in [0.3, 0.4) is 0 Å². The van der Waals surface area contributed by atoms with Crippen molar-refractivity contribution in [3.63, 3.8) is 0 Å². The Hall–Kier alpha value is -2.66. The molecule has 3 rings (SSSR count). The van der Waals surface area contributed by atoms with Crippen molar-refractivity contribution < 1.29 is 9.59 Å². The van der Waals surface area contributed by atoms with Crippen LogP contribution in [0, 0.1) is 0 Å². The fraction of sp³-hybridized carbons (Fsp3) is 0.200. The van der Waals surface area contributed by atoms with Crippen molar-refractivity contribution in [3.8, 4) is 0 Å².